The smallest absolute Gasteiger partial charge is 0.238 e. The van der Waals surface area contributed by atoms with Crippen molar-refractivity contribution in [1.82, 2.24) is 4.90 Å². The Kier molecular flexibility index (Phi) is 4.93. The second-order valence-corrected chi connectivity index (χ2v) is 6.95. The van der Waals surface area contributed by atoms with Crippen molar-refractivity contribution in [2.45, 2.75) is 59.3 Å². The zero-order valence-electron chi connectivity index (χ0n) is 14.6. The molecule has 0 bridgehead atoms. The van der Waals surface area contributed by atoms with Crippen LogP contribution in [0, 0.1) is 13.8 Å². The first-order valence-corrected chi connectivity index (χ1v) is 7.98. The average Bonchev–Trinajstić information content (AvgIpc) is 2.39. The predicted molar refractivity (Wildman–Crippen MR) is 90.2 cm³/mol. The number of aryl methyl sites for hydroxylation is 2. The van der Waals surface area contributed by atoms with Crippen LogP contribution in [0.25, 0.3) is 0 Å². The number of carbonyl (C=O) groups excluding carboxylic acids is 1. The molecule has 0 aliphatic carbocycles. The van der Waals surface area contributed by atoms with Gasteiger partial charge in [0.15, 0.2) is 0 Å². The highest BCUT2D eigenvalue weighted by Crippen LogP contribution is 2.27. The van der Waals surface area contributed by atoms with E-state index in [1.54, 1.807) is 0 Å². The third-order valence-electron chi connectivity index (χ3n) is 4.64. The summed E-state index contributed by atoms with van der Waals surface area (Å²) >= 11 is 0. The third-order valence-corrected chi connectivity index (χ3v) is 4.64. The van der Waals surface area contributed by atoms with Crippen LogP contribution in [0.15, 0.2) is 18.2 Å². The van der Waals surface area contributed by atoms with Gasteiger partial charge in [0.2, 0.25) is 5.91 Å². The predicted octanol–water partition coefficient (Wildman–Crippen LogP) is 3.13. The van der Waals surface area contributed by atoms with Gasteiger partial charge in [0.05, 0.1) is 18.2 Å². The van der Waals surface area contributed by atoms with E-state index >= 15 is 0 Å². The minimum atomic E-state index is -0.240. The molecule has 1 amide bonds. The number of morpholine rings is 1. The number of hydrogen-bond acceptors (Lipinski definition) is 3. The van der Waals surface area contributed by atoms with Gasteiger partial charge in [0.1, 0.15) is 0 Å². The van der Waals surface area contributed by atoms with Crippen molar-refractivity contribution in [3.8, 4) is 0 Å². The fraction of sp³-hybridized carbons (Fsp3) is 0.611. The Morgan fingerprint density at radius 2 is 1.91 bits per heavy atom. The van der Waals surface area contributed by atoms with Crippen LogP contribution in [0.4, 0.5) is 5.69 Å². The molecule has 2 rings (SSSR count). The summed E-state index contributed by atoms with van der Waals surface area (Å²) in [5.74, 6) is 0.0363. The Balaban J connectivity index is 2.05. The standard InChI is InChI=1S/C18H28N2O2/c1-12-8-7-9-13(2)17(12)19-16(21)11-20-10-14(3)22-18(5,6)15(20)4/h7-9,14-15H,10-11H2,1-6H3,(H,19,21). The summed E-state index contributed by atoms with van der Waals surface area (Å²) in [4.78, 5) is 14.7. The first-order valence-electron chi connectivity index (χ1n) is 7.98. The Labute approximate surface area is 133 Å². The van der Waals surface area contributed by atoms with E-state index in [-0.39, 0.29) is 23.7 Å². The monoisotopic (exact) mass is 304 g/mol. The van der Waals surface area contributed by atoms with Crippen LogP contribution in [0.1, 0.15) is 38.8 Å². The summed E-state index contributed by atoms with van der Waals surface area (Å²) in [7, 11) is 0. The molecule has 22 heavy (non-hydrogen) atoms. The molecule has 4 nitrogen and oxygen atoms in total. The van der Waals surface area contributed by atoms with E-state index in [2.05, 4.69) is 37.9 Å². The lowest BCUT2D eigenvalue weighted by atomic mass is 9.95. The first kappa shape index (κ1) is 17.0. The van der Waals surface area contributed by atoms with Crippen LogP contribution in [0.2, 0.25) is 0 Å². The van der Waals surface area contributed by atoms with Crippen LogP contribution in [-0.4, -0.2) is 41.6 Å². The lowest BCUT2D eigenvalue weighted by molar-refractivity contribution is -0.161. The zero-order valence-corrected chi connectivity index (χ0v) is 14.6. The number of para-hydroxylation sites is 1. The quantitative estimate of drug-likeness (QED) is 0.933. The van der Waals surface area contributed by atoms with Crippen molar-refractivity contribution in [2.24, 2.45) is 0 Å². The largest absolute Gasteiger partial charge is 0.370 e. The molecule has 0 radical (unpaired) electrons. The Hall–Kier alpha value is -1.39. The molecule has 1 aromatic carbocycles. The molecule has 1 saturated heterocycles. The summed E-state index contributed by atoms with van der Waals surface area (Å²) in [6, 6.07) is 6.25. The van der Waals surface area contributed by atoms with Crippen molar-refractivity contribution in [3.05, 3.63) is 29.3 Å². The van der Waals surface area contributed by atoms with Crippen LogP contribution >= 0.6 is 0 Å². The molecule has 1 N–H and O–H groups in total. The van der Waals surface area contributed by atoms with Crippen LogP contribution in [-0.2, 0) is 9.53 Å². The van der Waals surface area contributed by atoms with Gasteiger partial charge in [-0.3, -0.25) is 9.69 Å². The summed E-state index contributed by atoms with van der Waals surface area (Å²) in [5.41, 5.74) is 2.88. The van der Waals surface area contributed by atoms with Gasteiger partial charge in [0.25, 0.3) is 0 Å². The molecule has 1 aliphatic rings. The van der Waals surface area contributed by atoms with Gasteiger partial charge in [-0.15, -0.1) is 0 Å². The van der Waals surface area contributed by atoms with E-state index in [9.17, 15) is 4.79 Å². The minimum Gasteiger partial charge on any atom is -0.370 e. The van der Waals surface area contributed by atoms with E-state index in [0.717, 1.165) is 23.4 Å². The van der Waals surface area contributed by atoms with E-state index in [4.69, 9.17) is 4.74 Å². The molecule has 1 aromatic rings. The number of nitrogens with one attached hydrogen (secondary N) is 1. The molecule has 1 aliphatic heterocycles. The van der Waals surface area contributed by atoms with Gasteiger partial charge >= 0.3 is 0 Å². The fourth-order valence-corrected chi connectivity index (χ4v) is 3.16. The van der Waals surface area contributed by atoms with E-state index < -0.39 is 0 Å². The molecule has 0 spiro atoms. The van der Waals surface area contributed by atoms with Gasteiger partial charge < -0.3 is 10.1 Å². The molecular weight excluding hydrogens is 276 g/mol. The van der Waals surface area contributed by atoms with Crippen molar-refractivity contribution >= 4 is 11.6 Å². The number of hydrogen-bond donors (Lipinski definition) is 1. The van der Waals surface area contributed by atoms with Crippen molar-refractivity contribution in [1.29, 1.82) is 0 Å². The number of anilines is 1. The van der Waals surface area contributed by atoms with E-state index in [0.29, 0.717) is 6.54 Å². The van der Waals surface area contributed by atoms with Gasteiger partial charge in [-0.1, -0.05) is 18.2 Å². The van der Waals surface area contributed by atoms with Crippen molar-refractivity contribution in [2.75, 3.05) is 18.4 Å². The molecular formula is C18H28N2O2. The third kappa shape index (κ3) is 3.68. The molecule has 2 atom stereocenters. The van der Waals surface area contributed by atoms with Gasteiger partial charge in [-0.05, 0) is 52.7 Å². The topological polar surface area (TPSA) is 41.6 Å². The number of rotatable bonds is 3. The zero-order chi connectivity index (χ0) is 16.5. The number of carbonyl (C=O) groups is 1. The highest BCUT2D eigenvalue weighted by Gasteiger charge is 2.38. The van der Waals surface area contributed by atoms with Crippen LogP contribution < -0.4 is 5.32 Å². The van der Waals surface area contributed by atoms with E-state index in [1.807, 2.05) is 32.0 Å². The molecule has 2 unspecified atom stereocenters. The van der Waals surface area contributed by atoms with Gasteiger partial charge in [-0.2, -0.15) is 0 Å². The molecule has 0 aromatic heterocycles. The SMILES string of the molecule is Cc1cccc(C)c1NC(=O)CN1CC(C)OC(C)(C)C1C. The Morgan fingerprint density at radius 3 is 2.50 bits per heavy atom. The van der Waals surface area contributed by atoms with Crippen molar-refractivity contribution < 1.29 is 9.53 Å². The maximum atomic E-state index is 12.5. The summed E-state index contributed by atoms with van der Waals surface area (Å²) in [5, 5.41) is 3.07. The molecule has 4 heteroatoms. The number of nitrogens with zero attached hydrogens (tertiary/aromatic N) is 1. The maximum Gasteiger partial charge on any atom is 0.238 e. The molecule has 122 valence electrons. The highest BCUT2D eigenvalue weighted by atomic mass is 16.5. The normalized spacial score (nSPS) is 25.0. The Morgan fingerprint density at radius 1 is 1.32 bits per heavy atom. The number of benzene rings is 1. The maximum absolute atomic E-state index is 12.5. The Bertz CT molecular complexity index is 534. The number of amides is 1. The molecule has 1 fully saturated rings. The second kappa shape index (κ2) is 6.39. The fourth-order valence-electron chi connectivity index (χ4n) is 3.16. The number of ether oxygens (including phenoxy) is 1. The average molecular weight is 304 g/mol. The van der Waals surface area contributed by atoms with Crippen LogP contribution in [0.5, 0.6) is 0 Å². The summed E-state index contributed by atoms with van der Waals surface area (Å²) in [6.07, 6.45) is 0.138. The minimum absolute atomic E-state index is 0.0363. The first-order chi connectivity index (χ1) is 10.2. The van der Waals surface area contributed by atoms with Gasteiger partial charge in [-0.25, -0.2) is 0 Å². The summed E-state index contributed by atoms with van der Waals surface area (Å²) in [6.45, 7) is 13.6. The molecule has 1 heterocycles. The lowest BCUT2D eigenvalue weighted by Crippen LogP contribution is -2.59. The highest BCUT2D eigenvalue weighted by molar-refractivity contribution is 5.93. The van der Waals surface area contributed by atoms with E-state index in [1.165, 1.54) is 0 Å². The van der Waals surface area contributed by atoms with Crippen LogP contribution in [0.3, 0.4) is 0 Å². The lowest BCUT2D eigenvalue weighted by Gasteiger charge is -2.47. The molecule has 0 saturated carbocycles. The van der Waals surface area contributed by atoms with Gasteiger partial charge in [0, 0.05) is 18.3 Å². The second-order valence-electron chi connectivity index (χ2n) is 6.95. The summed E-state index contributed by atoms with van der Waals surface area (Å²) < 4.78 is 5.98. The van der Waals surface area contributed by atoms with Crippen molar-refractivity contribution in [3.63, 3.8) is 0 Å².